The van der Waals surface area contributed by atoms with Gasteiger partial charge < -0.3 is 20.9 Å². The third-order valence-corrected chi connectivity index (χ3v) is 9.32. The second-order valence-corrected chi connectivity index (χ2v) is 12.1. The predicted molar refractivity (Wildman–Crippen MR) is 141 cm³/mol. The number of halogens is 1. The first-order valence-corrected chi connectivity index (χ1v) is 13.2. The number of nitrogens with one attached hydrogen (secondary N) is 1. The summed E-state index contributed by atoms with van der Waals surface area (Å²) in [5.74, 6) is 1.29. The van der Waals surface area contributed by atoms with Gasteiger partial charge in [-0.1, -0.05) is 17.7 Å². The zero-order valence-electron chi connectivity index (χ0n) is 20.3. The quantitative estimate of drug-likeness (QED) is 0.360. The summed E-state index contributed by atoms with van der Waals surface area (Å²) >= 11 is 6.29. The molecular weight excluding hydrogens is 474 g/mol. The van der Waals surface area contributed by atoms with Crippen molar-refractivity contribution in [3.05, 3.63) is 47.1 Å². The number of aromatic nitrogens is 1. The number of Topliss-reactive ketones (excluding diaryl/α,β-unsaturated/α-hetero) is 1. The summed E-state index contributed by atoms with van der Waals surface area (Å²) in [5, 5.41) is 15.2. The second kappa shape index (κ2) is 7.59. The van der Waals surface area contributed by atoms with Gasteiger partial charge in [-0.15, -0.1) is 0 Å². The fraction of sp³-hybridized carbons (Fsp3) is 0.448. The van der Waals surface area contributed by atoms with E-state index in [1.807, 2.05) is 12.1 Å². The summed E-state index contributed by atoms with van der Waals surface area (Å²) in [5.41, 5.74) is 11.2. The minimum Gasteiger partial charge on any atom is -0.503 e. The number of benzene rings is 2. The molecule has 7 heteroatoms. The van der Waals surface area contributed by atoms with Crippen LogP contribution in [-0.4, -0.2) is 34.6 Å². The Morgan fingerprint density at radius 3 is 2.75 bits per heavy atom. The molecule has 6 nitrogen and oxygen atoms in total. The van der Waals surface area contributed by atoms with Gasteiger partial charge in [-0.3, -0.25) is 9.78 Å². The van der Waals surface area contributed by atoms with Crippen LogP contribution in [0, 0.1) is 17.3 Å². The monoisotopic (exact) mass is 503 g/mol. The molecule has 4 saturated carbocycles. The number of ether oxygens (including phenoxy) is 1. The fourth-order valence-electron chi connectivity index (χ4n) is 7.21. The lowest BCUT2D eigenvalue weighted by Crippen LogP contribution is -2.48. The Morgan fingerprint density at radius 2 is 2.00 bits per heavy atom. The van der Waals surface area contributed by atoms with Gasteiger partial charge >= 0.3 is 0 Å². The number of rotatable bonds is 6. The molecule has 4 aliphatic carbocycles. The van der Waals surface area contributed by atoms with Crippen LogP contribution in [0.2, 0.25) is 5.02 Å². The highest BCUT2D eigenvalue weighted by Gasteiger charge is 2.67. The highest BCUT2D eigenvalue weighted by atomic mass is 35.5. The first kappa shape index (κ1) is 22.4. The van der Waals surface area contributed by atoms with Crippen LogP contribution in [0.3, 0.4) is 0 Å². The van der Waals surface area contributed by atoms with E-state index in [9.17, 15) is 9.90 Å². The highest BCUT2D eigenvalue weighted by Crippen LogP contribution is 2.71. The summed E-state index contributed by atoms with van der Waals surface area (Å²) < 4.78 is 5.32. The average Bonchev–Trinajstić information content (AvgIpc) is 3.77. The highest BCUT2D eigenvalue weighted by molar-refractivity contribution is 6.32. The number of ketones is 1. The molecule has 7 rings (SSSR count). The number of carbonyl (C=O) groups excluding carboxylic acids is 1. The molecule has 1 aromatic heterocycles. The van der Waals surface area contributed by atoms with Crippen LogP contribution >= 0.6 is 11.6 Å². The third-order valence-electron chi connectivity index (χ3n) is 9.03. The van der Waals surface area contributed by atoms with Gasteiger partial charge in [0.1, 0.15) is 0 Å². The molecule has 0 aliphatic heterocycles. The van der Waals surface area contributed by atoms with Gasteiger partial charge in [0.05, 0.1) is 28.9 Å². The van der Waals surface area contributed by atoms with Crippen LogP contribution in [0.4, 0.5) is 5.69 Å². The predicted octanol–water partition coefficient (Wildman–Crippen LogP) is 5.93. The molecular formula is C29H30ClN3O3. The van der Waals surface area contributed by atoms with Crippen molar-refractivity contribution >= 4 is 34.0 Å². The van der Waals surface area contributed by atoms with Crippen molar-refractivity contribution in [1.29, 1.82) is 0 Å². The zero-order valence-corrected chi connectivity index (χ0v) is 21.1. The molecule has 0 radical (unpaired) electrons. The molecule has 1 heterocycles. The zero-order chi connectivity index (χ0) is 24.8. The largest absolute Gasteiger partial charge is 0.503 e. The number of carbonyl (C=O) groups is 1. The number of phenolic OH excluding ortho intramolecular Hbond substituents is 1. The van der Waals surface area contributed by atoms with Crippen LogP contribution in [0.15, 0.2) is 36.5 Å². The molecule has 4 fully saturated rings. The Bertz CT molecular complexity index is 1430. The summed E-state index contributed by atoms with van der Waals surface area (Å²) in [6.45, 7) is 0. The summed E-state index contributed by atoms with van der Waals surface area (Å²) in [7, 11) is 1.50. The molecule has 4 N–H and O–H groups in total. The van der Waals surface area contributed by atoms with Crippen molar-refractivity contribution < 1.29 is 14.6 Å². The van der Waals surface area contributed by atoms with Crippen molar-refractivity contribution in [1.82, 2.24) is 4.98 Å². The van der Waals surface area contributed by atoms with E-state index < -0.39 is 0 Å². The molecule has 0 amide bonds. The second-order valence-electron chi connectivity index (χ2n) is 11.7. The van der Waals surface area contributed by atoms with Gasteiger partial charge in [-0.2, -0.15) is 0 Å². The first-order valence-electron chi connectivity index (χ1n) is 12.9. The molecule has 2 aromatic carbocycles. The SMILES string of the molecule is COc1cc(-c2ccc3ncc(C(=O)C4CC4)c(NC4CC5(N)CC6CC6(C4)C5)c3c2)cc(Cl)c1O. The van der Waals surface area contributed by atoms with E-state index in [1.165, 1.54) is 13.5 Å². The van der Waals surface area contributed by atoms with E-state index in [0.29, 0.717) is 16.7 Å². The van der Waals surface area contributed by atoms with E-state index in [1.54, 1.807) is 18.3 Å². The molecule has 186 valence electrons. The maximum Gasteiger partial charge on any atom is 0.176 e. The molecule has 4 atom stereocenters. The van der Waals surface area contributed by atoms with Crippen molar-refractivity contribution in [2.75, 3.05) is 12.4 Å². The molecule has 3 aromatic rings. The van der Waals surface area contributed by atoms with Gasteiger partial charge in [0.2, 0.25) is 0 Å². The number of hydrogen-bond donors (Lipinski definition) is 3. The number of nitrogens with zero attached hydrogens (tertiary/aromatic N) is 1. The average molecular weight is 504 g/mol. The van der Waals surface area contributed by atoms with E-state index in [0.717, 1.165) is 72.2 Å². The standard InChI is InChI=1S/C29H30ClN3O3/c1-36-24-8-17(7-22(30)27(24)35)16-4-5-23-20(6-16)25(21(13-32-23)26(34)15-2-3-15)33-19-11-28-9-18(28)10-29(31,12-19)14-28/h4-8,13,15,18-19,35H,2-3,9-12,14,31H2,1H3,(H,32,33). The third kappa shape index (κ3) is 3.49. The van der Waals surface area contributed by atoms with Gasteiger partial charge in [0.25, 0.3) is 0 Å². The number of phenols is 1. The smallest absolute Gasteiger partial charge is 0.176 e. The summed E-state index contributed by atoms with van der Waals surface area (Å²) in [4.78, 5) is 18.0. The number of nitrogens with two attached hydrogens (primary N) is 1. The van der Waals surface area contributed by atoms with E-state index in [-0.39, 0.29) is 34.1 Å². The van der Waals surface area contributed by atoms with Crippen LogP contribution in [-0.2, 0) is 0 Å². The number of anilines is 1. The first-order chi connectivity index (χ1) is 17.3. The number of aromatic hydroxyl groups is 1. The van der Waals surface area contributed by atoms with Gasteiger partial charge in [-0.05, 0) is 91.7 Å². The van der Waals surface area contributed by atoms with Crippen LogP contribution < -0.4 is 15.8 Å². The van der Waals surface area contributed by atoms with Gasteiger partial charge in [0.15, 0.2) is 17.3 Å². The lowest BCUT2D eigenvalue weighted by Gasteiger charge is -2.39. The minimum absolute atomic E-state index is 0.0783. The Balaban J connectivity index is 1.34. The number of pyridine rings is 1. The molecule has 4 aliphatic rings. The lowest BCUT2D eigenvalue weighted by molar-refractivity contribution is 0.0968. The van der Waals surface area contributed by atoms with E-state index in [2.05, 4.69) is 16.4 Å². The number of methoxy groups -OCH3 is 1. The van der Waals surface area contributed by atoms with Crippen molar-refractivity contribution in [3.8, 4) is 22.6 Å². The maximum absolute atomic E-state index is 13.3. The molecule has 36 heavy (non-hydrogen) atoms. The van der Waals surface area contributed by atoms with Gasteiger partial charge in [0, 0.05) is 29.1 Å². The minimum atomic E-state index is -0.0904. The lowest BCUT2D eigenvalue weighted by atomic mass is 9.75. The van der Waals surface area contributed by atoms with E-state index in [4.69, 9.17) is 22.1 Å². The fourth-order valence-corrected chi connectivity index (χ4v) is 7.43. The Hall–Kier alpha value is -2.83. The molecule has 2 bridgehead atoms. The van der Waals surface area contributed by atoms with Crippen LogP contribution in [0.1, 0.15) is 55.3 Å². The van der Waals surface area contributed by atoms with Crippen LogP contribution in [0.25, 0.3) is 22.0 Å². The number of hydrogen-bond acceptors (Lipinski definition) is 6. The maximum atomic E-state index is 13.3. The molecule has 0 saturated heterocycles. The summed E-state index contributed by atoms with van der Waals surface area (Å²) in [6, 6.07) is 9.74. The molecule has 4 unspecified atom stereocenters. The summed E-state index contributed by atoms with van der Waals surface area (Å²) in [6.07, 6.45) is 9.25. The molecule has 1 spiro atoms. The van der Waals surface area contributed by atoms with Crippen molar-refractivity contribution in [2.45, 2.75) is 56.5 Å². The van der Waals surface area contributed by atoms with Crippen LogP contribution in [0.5, 0.6) is 11.5 Å². The van der Waals surface area contributed by atoms with Crippen molar-refractivity contribution in [3.63, 3.8) is 0 Å². The Kier molecular flexibility index (Phi) is 4.72. The normalized spacial score (nSPS) is 30.2. The van der Waals surface area contributed by atoms with Gasteiger partial charge in [-0.25, -0.2) is 0 Å². The number of fused-ring (bicyclic) bond motifs is 2. The van der Waals surface area contributed by atoms with Crippen molar-refractivity contribution in [2.24, 2.45) is 23.0 Å². The topological polar surface area (TPSA) is 97.5 Å². The van der Waals surface area contributed by atoms with E-state index >= 15 is 0 Å². The Labute approximate surface area is 215 Å². The Morgan fingerprint density at radius 1 is 1.17 bits per heavy atom.